The van der Waals surface area contributed by atoms with E-state index in [4.69, 9.17) is 0 Å². The molecule has 1 fully saturated rings. The summed E-state index contributed by atoms with van der Waals surface area (Å²) >= 11 is 3.29. The van der Waals surface area contributed by atoms with E-state index in [0.717, 1.165) is 30.0 Å². The van der Waals surface area contributed by atoms with Crippen molar-refractivity contribution < 1.29 is 13.2 Å². The molecule has 0 heterocycles. The normalized spacial score (nSPS) is 16.1. The fraction of sp³-hybridized carbons (Fsp3) is 0.588. The Balaban J connectivity index is 2.42. The van der Waals surface area contributed by atoms with Crippen molar-refractivity contribution in [2.45, 2.75) is 56.5 Å². The van der Waals surface area contributed by atoms with Gasteiger partial charge in [-0.15, -0.1) is 0 Å². The lowest BCUT2D eigenvalue weighted by Gasteiger charge is -2.33. The number of nitrogens with zero attached hydrogens (tertiary/aromatic N) is 2. The van der Waals surface area contributed by atoms with Crippen LogP contribution in [0.4, 0.5) is 0 Å². The second-order valence-corrected chi connectivity index (χ2v) is 9.65. The maximum absolute atomic E-state index is 13.0. The van der Waals surface area contributed by atoms with E-state index in [0.29, 0.717) is 10.0 Å². The first-order chi connectivity index (χ1) is 11.2. The molecule has 1 aliphatic carbocycles. The summed E-state index contributed by atoms with van der Waals surface area (Å²) in [5.74, 6) is -0.0976. The average Bonchev–Trinajstić information content (AvgIpc) is 3.00. The molecule has 0 radical (unpaired) electrons. The number of hydrogen-bond donors (Lipinski definition) is 0. The van der Waals surface area contributed by atoms with Crippen LogP contribution in [0.2, 0.25) is 0 Å². The van der Waals surface area contributed by atoms with Gasteiger partial charge in [0.2, 0.25) is 10.0 Å². The van der Waals surface area contributed by atoms with Crippen LogP contribution in [0, 0.1) is 0 Å². The summed E-state index contributed by atoms with van der Waals surface area (Å²) in [6.07, 6.45) is 4.32. The van der Waals surface area contributed by atoms with E-state index in [-0.39, 0.29) is 22.9 Å². The van der Waals surface area contributed by atoms with Crippen molar-refractivity contribution in [3.8, 4) is 0 Å². The van der Waals surface area contributed by atoms with Gasteiger partial charge in [0.25, 0.3) is 5.91 Å². The third-order valence-electron chi connectivity index (χ3n) is 4.45. The highest BCUT2D eigenvalue weighted by Gasteiger charge is 2.30. The molecule has 1 aromatic carbocycles. The van der Waals surface area contributed by atoms with Crippen LogP contribution in [-0.4, -0.2) is 49.7 Å². The lowest BCUT2D eigenvalue weighted by atomic mass is 10.1. The van der Waals surface area contributed by atoms with Gasteiger partial charge in [-0.25, -0.2) is 12.7 Å². The van der Waals surface area contributed by atoms with E-state index >= 15 is 0 Å². The van der Waals surface area contributed by atoms with Gasteiger partial charge in [0, 0.05) is 36.2 Å². The summed E-state index contributed by atoms with van der Waals surface area (Å²) < 4.78 is 26.5. The molecule has 0 atom stereocenters. The van der Waals surface area contributed by atoms with E-state index in [1.165, 1.54) is 20.2 Å². The molecule has 0 bridgehead atoms. The third-order valence-corrected chi connectivity index (χ3v) is 7.25. The molecule has 134 valence electrons. The minimum Gasteiger partial charge on any atom is -0.333 e. The van der Waals surface area contributed by atoms with Crippen molar-refractivity contribution in [1.82, 2.24) is 9.21 Å². The van der Waals surface area contributed by atoms with Gasteiger partial charge in [-0.3, -0.25) is 4.79 Å². The number of hydrogen-bond acceptors (Lipinski definition) is 3. The van der Waals surface area contributed by atoms with Crippen LogP contribution in [0.3, 0.4) is 0 Å². The molecule has 1 amide bonds. The average molecular weight is 417 g/mol. The SMILES string of the molecule is CC(C)N(C(=O)c1ccc(Br)c(S(=O)(=O)N(C)C)c1)C1CCCC1. The first-order valence-electron chi connectivity index (χ1n) is 8.21. The quantitative estimate of drug-likeness (QED) is 0.737. The Kier molecular flexibility index (Phi) is 6.09. The van der Waals surface area contributed by atoms with Crippen LogP contribution >= 0.6 is 15.9 Å². The van der Waals surface area contributed by atoms with Gasteiger partial charge in [0.05, 0.1) is 4.90 Å². The third kappa shape index (κ3) is 3.83. The first kappa shape index (κ1) is 19.4. The van der Waals surface area contributed by atoms with Crippen LogP contribution in [-0.2, 0) is 10.0 Å². The van der Waals surface area contributed by atoms with Crippen LogP contribution in [0.5, 0.6) is 0 Å². The summed E-state index contributed by atoms with van der Waals surface area (Å²) in [5.41, 5.74) is 0.416. The molecule has 7 heteroatoms. The Morgan fingerprint density at radius 1 is 1.21 bits per heavy atom. The van der Waals surface area contributed by atoms with Gasteiger partial charge in [0.15, 0.2) is 0 Å². The van der Waals surface area contributed by atoms with E-state index < -0.39 is 10.0 Å². The summed E-state index contributed by atoms with van der Waals surface area (Å²) in [4.78, 5) is 15.1. The smallest absolute Gasteiger partial charge is 0.254 e. The molecule has 24 heavy (non-hydrogen) atoms. The molecule has 1 saturated carbocycles. The molecule has 0 N–H and O–H groups in total. The Labute approximate surface area is 153 Å². The molecule has 0 unspecified atom stereocenters. The number of rotatable bonds is 5. The molecule has 1 aromatic rings. The number of amides is 1. The van der Waals surface area contributed by atoms with Gasteiger partial charge in [-0.05, 0) is 60.8 Å². The maximum Gasteiger partial charge on any atom is 0.254 e. The first-order valence-corrected chi connectivity index (χ1v) is 10.4. The van der Waals surface area contributed by atoms with Gasteiger partial charge < -0.3 is 4.90 Å². The van der Waals surface area contributed by atoms with E-state index in [2.05, 4.69) is 15.9 Å². The fourth-order valence-corrected chi connectivity index (χ4v) is 5.03. The number of sulfonamides is 1. The molecule has 5 nitrogen and oxygen atoms in total. The monoisotopic (exact) mass is 416 g/mol. The summed E-state index contributed by atoms with van der Waals surface area (Å²) in [6.45, 7) is 4.01. The van der Waals surface area contributed by atoms with E-state index in [9.17, 15) is 13.2 Å². The number of carbonyl (C=O) groups is 1. The minimum absolute atomic E-state index is 0.0816. The number of benzene rings is 1. The second kappa shape index (κ2) is 7.54. The highest BCUT2D eigenvalue weighted by atomic mass is 79.9. The highest BCUT2D eigenvalue weighted by molar-refractivity contribution is 9.10. The second-order valence-electron chi connectivity index (χ2n) is 6.68. The van der Waals surface area contributed by atoms with Crippen molar-refractivity contribution in [3.63, 3.8) is 0 Å². The minimum atomic E-state index is -3.61. The van der Waals surface area contributed by atoms with Crippen molar-refractivity contribution in [1.29, 1.82) is 0 Å². The topological polar surface area (TPSA) is 57.7 Å². The fourth-order valence-electron chi connectivity index (χ4n) is 3.18. The van der Waals surface area contributed by atoms with Gasteiger partial charge in [-0.2, -0.15) is 0 Å². The standard InChI is InChI=1S/C17H25BrN2O3S/c1-12(2)20(14-7-5-6-8-14)17(21)13-9-10-15(18)16(11-13)24(22,23)19(3)4/h9-12,14H,5-8H2,1-4H3. The Bertz CT molecular complexity index is 711. The molecular formula is C17H25BrN2O3S. The molecule has 0 aliphatic heterocycles. The predicted octanol–water partition coefficient (Wildman–Crippen LogP) is 3.49. The Morgan fingerprint density at radius 2 is 1.79 bits per heavy atom. The van der Waals surface area contributed by atoms with Gasteiger partial charge in [0.1, 0.15) is 0 Å². The van der Waals surface area contributed by atoms with Crippen LogP contribution in [0.25, 0.3) is 0 Å². The van der Waals surface area contributed by atoms with E-state index in [1.54, 1.807) is 12.1 Å². The molecule has 0 spiro atoms. The van der Waals surface area contributed by atoms with Crippen molar-refractivity contribution in [3.05, 3.63) is 28.2 Å². The molecule has 0 aromatic heterocycles. The van der Waals surface area contributed by atoms with E-state index in [1.807, 2.05) is 18.7 Å². The van der Waals surface area contributed by atoms with Crippen molar-refractivity contribution in [2.24, 2.45) is 0 Å². The lowest BCUT2D eigenvalue weighted by molar-refractivity contribution is 0.0613. The van der Waals surface area contributed by atoms with Crippen LogP contribution in [0.15, 0.2) is 27.6 Å². The van der Waals surface area contributed by atoms with Gasteiger partial charge >= 0.3 is 0 Å². The van der Waals surface area contributed by atoms with Crippen LogP contribution in [0.1, 0.15) is 49.9 Å². The summed E-state index contributed by atoms with van der Waals surface area (Å²) in [5, 5.41) is 0. The molecule has 1 aliphatic rings. The van der Waals surface area contributed by atoms with Gasteiger partial charge in [-0.1, -0.05) is 12.8 Å². The van der Waals surface area contributed by atoms with Crippen molar-refractivity contribution in [2.75, 3.05) is 14.1 Å². The lowest BCUT2D eigenvalue weighted by Crippen LogP contribution is -2.43. The Morgan fingerprint density at radius 3 is 2.29 bits per heavy atom. The maximum atomic E-state index is 13.0. The largest absolute Gasteiger partial charge is 0.333 e. The van der Waals surface area contributed by atoms with Crippen molar-refractivity contribution >= 4 is 31.9 Å². The zero-order chi connectivity index (χ0) is 18.1. The molecular weight excluding hydrogens is 392 g/mol. The zero-order valence-corrected chi connectivity index (χ0v) is 17.0. The highest BCUT2D eigenvalue weighted by Crippen LogP contribution is 2.29. The zero-order valence-electron chi connectivity index (χ0n) is 14.6. The number of carbonyl (C=O) groups excluding carboxylic acids is 1. The molecule has 2 rings (SSSR count). The predicted molar refractivity (Wildman–Crippen MR) is 98.6 cm³/mol. The summed E-state index contributed by atoms with van der Waals surface area (Å²) in [6, 6.07) is 5.13. The van der Waals surface area contributed by atoms with Crippen LogP contribution < -0.4 is 0 Å². The number of halogens is 1. The molecule has 0 saturated heterocycles. The summed E-state index contributed by atoms with van der Waals surface area (Å²) in [7, 11) is -0.650. The Hall–Kier alpha value is -0.920.